The molecule has 0 unspecified atom stereocenters. The summed E-state index contributed by atoms with van der Waals surface area (Å²) in [6.45, 7) is 1.22. The highest BCUT2D eigenvalue weighted by Gasteiger charge is 2.38. The third-order valence-electron chi connectivity index (χ3n) is 6.09. The molecule has 0 bridgehead atoms. The molecule has 7 heteroatoms. The summed E-state index contributed by atoms with van der Waals surface area (Å²) in [5, 5.41) is 17.5. The zero-order valence-electron chi connectivity index (χ0n) is 18.2. The Labute approximate surface area is 188 Å². The maximum atomic E-state index is 12.8. The molecule has 1 aliphatic rings. The molecule has 1 N–H and O–H groups in total. The molecule has 0 radical (unpaired) electrons. The van der Waals surface area contributed by atoms with Gasteiger partial charge in [-0.3, -0.25) is 9.48 Å². The number of likely N-dealkylation sites (tertiary alicyclic amines) is 1. The molecule has 1 aliphatic heterocycles. The molecule has 1 amide bonds. The molecule has 0 saturated carbocycles. The minimum absolute atomic E-state index is 0.104. The maximum Gasteiger partial charge on any atom is 0.226 e. The predicted molar refractivity (Wildman–Crippen MR) is 123 cm³/mol. The van der Waals surface area contributed by atoms with Crippen LogP contribution in [0.2, 0.25) is 0 Å². The van der Waals surface area contributed by atoms with Gasteiger partial charge in [0.15, 0.2) is 5.82 Å². The summed E-state index contributed by atoms with van der Waals surface area (Å²) in [4.78, 5) is 14.7. The Hall–Kier alpha value is -3.79. The van der Waals surface area contributed by atoms with E-state index in [9.17, 15) is 10.1 Å². The van der Waals surface area contributed by atoms with Gasteiger partial charge in [0.05, 0.1) is 31.6 Å². The molecule has 7 nitrogen and oxygen atoms in total. The third-order valence-corrected chi connectivity index (χ3v) is 6.09. The summed E-state index contributed by atoms with van der Waals surface area (Å²) in [7, 11) is 1.63. The number of benzene rings is 2. The molecule has 0 spiro atoms. The van der Waals surface area contributed by atoms with E-state index in [4.69, 9.17) is 9.84 Å². The van der Waals surface area contributed by atoms with Crippen molar-refractivity contribution in [3.05, 3.63) is 72.4 Å². The van der Waals surface area contributed by atoms with Crippen LogP contribution in [0.4, 0.5) is 11.5 Å². The number of ether oxygens (including phenoxy) is 1. The monoisotopic (exact) mass is 429 g/mol. The number of piperidine rings is 1. The molecule has 1 aromatic heterocycles. The fourth-order valence-electron chi connectivity index (χ4n) is 4.16. The number of nitriles is 1. The Morgan fingerprint density at radius 1 is 1.12 bits per heavy atom. The van der Waals surface area contributed by atoms with Crippen molar-refractivity contribution in [1.82, 2.24) is 14.7 Å². The van der Waals surface area contributed by atoms with Gasteiger partial charge in [-0.2, -0.15) is 10.4 Å². The molecular weight excluding hydrogens is 402 g/mol. The number of rotatable bonds is 7. The number of anilines is 2. The number of nitrogens with one attached hydrogen (secondary N) is 1. The predicted octanol–water partition coefficient (Wildman–Crippen LogP) is 4.11. The van der Waals surface area contributed by atoms with Crippen LogP contribution in [0.1, 0.15) is 24.8 Å². The number of carbonyl (C=O) groups is 1. The van der Waals surface area contributed by atoms with E-state index in [-0.39, 0.29) is 5.91 Å². The summed E-state index contributed by atoms with van der Waals surface area (Å²) >= 11 is 0. The third kappa shape index (κ3) is 4.75. The van der Waals surface area contributed by atoms with E-state index in [1.165, 1.54) is 0 Å². The van der Waals surface area contributed by atoms with Gasteiger partial charge in [0.25, 0.3) is 0 Å². The average Bonchev–Trinajstić information content (AvgIpc) is 3.30. The van der Waals surface area contributed by atoms with Crippen molar-refractivity contribution in [3.8, 4) is 11.8 Å². The number of nitrogens with zero attached hydrogens (tertiary/aromatic N) is 4. The molecule has 0 atom stereocenters. The molecule has 0 aliphatic carbocycles. The van der Waals surface area contributed by atoms with Gasteiger partial charge in [-0.25, -0.2) is 0 Å². The van der Waals surface area contributed by atoms with Crippen molar-refractivity contribution in [2.24, 2.45) is 0 Å². The van der Waals surface area contributed by atoms with E-state index >= 15 is 0 Å². The van der Waals surface area contributed by atoms with Crippen LogP contribution in [-0.4, -0.2) is 40.8 Å². The van der Waals surface area contributed by atoms with Crippen molar-refractivity contribution in [1.29, 1.82) is 5.26 Å². The zero-order chi connectivity index (χ0) is 22.4. The number of aromatic nitrogens is 2. The van der Waals surface area contributed by atoms with Crippen LogP contribution >= 0.6 is 0 Å². The Kier molecular flexibility index (Phi) is 6.41. The van der Waals surface area contributed by atoms with Crippen LogP contribution in [0.3, 0.4) is 0 Å². The van der Waals surface area contributed by atoms with Gasteiger partial charge in [-0.1, -0.05) is 30.3 Å². The topological polar surface area (TPSA) is 83.2 Å². The van der Waals surface area contributed by atoms with Crippen molar-refractivity contribution >= 4 is 17.4 Å². The molecule has 4 rings (SSSR count). The zero-order valence-corrected chi connectivity index (χ0v) is 18.2. The summed E-state index contributed by atoms with van der Waals surface area (Å²) in [5.41, 5.74) is 1.53. The lowest BCUT2D eigenvalue weighted by molar-refractivity contribution is -0.132. The van der Waals surface area contributed by atoms with Crippen molar-refractivity contribution in [3.63, 3.8) is 0 Å². The minimum atomic E-state index is -0.401. The Morgan fingerprint density at radius 3 is 2.50 bits per heavy atom. The molecule has 32 heavy (non-hydrogen) atoms. The van der Waals surface area contributed by atoms with Crippen molar-refractivity contribution in [2.45, 2.75) is 31.2 Å². The first-order chi connectivity index (χ1) is 15.6. The highest BCUT2D eigenvalue weighted by Crippen LogP contribution is 2.34. The van der Waals surface area contributed by atoms with Crippen LogP contribution in [0.25, 0.3) is 0 Å². The van der Waals surface area contributed by atoms with Gasteiger partial charge in [0, 0.05) is 31.0 Å². The van der Waals surface area contributed by atoms with E-state index in [0.717, 1.165) is 22.8 Å². The second kappa shape index (κ2) is 9.56. The second-order valence-corrected chi connectivity index (χ2v) is 8.10. The lowest BCUT2D eigenvalue weighted by Gasteiger charge is -2.40. The summed E-state index contributed by atoms with van der Waals surface area (Å²) in [6.07, 6.45) is 4.04. The molecule has 164 valence electrons. The number of amides is 1. The lowest BCUT2D eigenvalue weighted by Crippen LogP contribution is -2.48. The van der Waals surface area contributed by atoms with Crippen LogP contribution in [0.15, 0.2) is 66.9 Å². The quantitative estimate of drug-likeness (QED) is 0.611. The van der Waals surface area contributed by atoms with E-state index in [2.05, 4.69) is 11.4 Å². The molecular formula is C25H27N5O2. The Bertz CT molecular complexity index is 1080. The Morgan fingerprint density at radius 2 is 1.84 bits per heavy atom. The van der Waals surface area contributed by atoms with Crippen LogP contribution in [0, 0.1) is 11.3 Å². The van der Waals surface area contributed by atoms with Crippen molar-refractivity contribution in [2.75, 3.05) is 25.5 Å². The fraction of sp³-hybridized carbons (Fsp3) is 0.320. The molecule has 1 saturated heterocycles. The highest BCUT2D eigenvalue weighted by molar-refractivity contribution is 5.79. The SMILES string of the molecule is COc1ccc(CC(=O)N2CCC(CC#N)(n3ccc(Nc4ccccc4)n3)CC2)cc1. The van der Waals surface area contributed by atoms with Crippen LogP contribution < -0.4 is 10.1 Å². The van der Waals surface area contributed by atoms with Crippen LogP contribution in [0.5, 0.6) is 5.75 Å². The van der Waals surface area contributed by atoms with Gasteiger partial charge in [0.2, 0.25) is 5.91 Å². The summed E-state index contributed by atoms with van der Waals surface area (Å²) in [6, 6.07) is 21.7. The fourth-order valence-corrected chi connectivity index (χ4v) is 4.16. The van der Waals surface area contributed by atoms with E-state index in [0.29, 0.717) is 38.8 Å². The molecule has 3 aromatic rings. The maximum absolute atomic E-state index is 12.8. The smallest absolute Gasteiger partial charge is 0.226 e. The molecule has 2 heterocycles. The molecule has 1 fully saturated rings. The van der Waals surface area contributed by atoms with Gasteiger partial charge < -0.3 is 15.0 Å². The van der Waals surface area contributed by atoms with E-state index in [1.54, 1.807) is 7.11 Å². The number of para-hydroxylation sites is 1. The van der Waals surface area contributed by atoms with E-state index < -0.39 is 5.54 Å². The van der Waals surface area contributed by atoms with E-state index in [1.807, 2.05) is 76.4 Å². The first-order valence-electron chi connectivity index (χ1n) is 10.8. The highest BCUT2D eigenvalue weighted by atomic mass is 16.5. The lowest BCUT2D eigenvalue weighted by atomic mass is 9.84. The normalized spacial score (nSPS) is 15.1. The van der Waals surface area contributed by atoms with Gasteiger partial charge >= 0.3 is 0 Å². The molecule has 2 aromatic carbocycles. The van der Waals surface area contributed by atoms with Gasteiger partial charge in [0.1, 0.15) is 5.75 Å². The van der Waals surface area contributed by atoms with Gasteiger partial charge in [-0.15, -0.1) is 0 Å². The first kappa shape index (κ1) is 21.4. The average molecular weight is 430 g/mol. The number of carbonyl (C=O) groups excluding carboxylic acids is 1. The number of methoxy groups -OCH3 is 1. The Balaban J connectivity index is 1.41. The minimum Gasteiger partial charge on any atom is -0.497 e. The summed E-state index contributed by atoms with van der Waals surface area (Å²) < 4.78 is 7.09. The first-order valence-corrected chi connectivity index (χ1v) is 10.8. The largest absolute Gasteiger partial charge is 0.497 e. The van der Waals surface area contributed by atoms with Crippen molar-refractivity contribution < 1.29 is 9.53 Å². The number of hydrogen-bond acceptors (Lipinski definition) is 5. The van der Waals surface area contributed by atoms with Crippen LogP contribution in [-0.2, 0) is 16.8 Å². The summed E-state index contributed by atoms with van der Waals surface area (Å²) in [5.74, 6) is 1.62. The second-order valence-electron chi connectivity index (χ2n) is 8.10. The number of hydrogen-bond donors (Lipinski definition) is 1. The van der Waals surface area contributed by atoms with Gasteiger partial charge in [-0.05, 0) is 42.7 Å². The standard InChI is InChI=1S/C25H27N5O2/c1-32-22-9-7-20(8-10-22)19-24(31)29-17-13-25(12-15-26,14-18-29)30-16-11-23(28-30)27-21-5-3-2-4-6-21/h2-11,16H,12-14,17-19H2,1H3,(H,27,28).